The summed E-state index contributed by atoms with van der Waals surface area (Å²) in [4.78, 5) is 10.9. The maximum Gasteiger partial charge on any atom is 0.307 e. The van der Waals surface area contributed by atoms with Crippen molar-refractivity contribution in [1.29, 1.82) is 0 Å². The Balaban J connectivity index is 2.06. The van der Waals surface area contributed by atoms with Gasteiger partial charge in [0.2, 0.25) is 0 Å². The largest absolute Gasteiger partial charge is 0.481 e. The molecule has 0 spiro atoms. The molecule has 1 saturated heterocycles. The van der Waals surface area contributed by atoms with Crippen LogP contribution in [0.3, 0.4) is 0 Å². The van der Waals surface area contributed by atoms with Gasteiger partial charge in [0.1, 0.15) is 5.82 Å². The molecule has 4 nitrogen and oxygen atoms in total. The Kier molecular flexibility index (Phi) is 2.74. The molecule has 1 fully saturated rings. The van der Waals surface area contributed by atoms with Crippen molar-refractivity contribution in [3.8, 4) is 0 Å². The Labute approximate surface area is 107 Å². The highest BCUT2D eigenvalue weighted by Crippen LogP contribution is 2.35. The molecule has 2 N–H and O–H groups in total. The van der Waals surface area contributed by atoms with Gasteiger partial charge in [0.05, 0.1) is 12.2 Å². The number of nitrogens with one attached hydrogen (secondary N) is 1. The van der Waals surface area contributed by atoms with Crippen molar-refractivity contribution in [3.63, 3.8) is 0 Å². The molecule has 1 aromatic carbocycles. The summed E-state index contributed by atoms with van der Waals surface area (Å²) in [6, 6.07) is 1.82. The minimum absolute atomic E-state index is 0.00280. The van der Waals surface area contributed by atoms with Crippen LogP contribution in [0.5, 0.6) is 0 Å². The lowest BCUT2D eigenvalue weighted by atomic mass is 9.97. The third-order valence-corrected chi connectivity index (χ3v) is 3.51. The molecule has 2 atom stereocenters. The summed E-state index contributed by atoms with van der Waals surface area (Å²) in [5.41, 5.74) is 0.269. The molecule has 1 aromatic heterocycles. The molecule has 0 amide bonds. The Morgan fingerprint density at radius 2 is 2.21 bits per heavy atom. The predicted octanol–water partition coefficient (Wildman–Crippen LogP) is 2.45. The van der Waals surface area contributed by atoms with Crippen molar-refractivity contribution >= 4 is 16.9 Å². The highest BCUT2D eigenvalue weighted by atomic mass is 19.1. The van der Waals surface area contributed by atoms with Crippen LogP contribution in [-0.2, 0) is 4.79 Å². The first-order chi connectivity index (χ1) is 9.08. The SMILES string of the molecule is O=C(O)C1CNC(c2c(F)cc(F)c3occc23)C1. The number of hydrogen-bond donors (Lipinski definition) is 2. The highest BCUT2D eigenvalue weighted by molar-refractivity contribution is 5.82. The maximum absolute atomic E-state index is 14.0. The van der Waals surface area contributed by atoms with E-state index in [2.05, 4.69) is 5.32 Å². The maximum atomic E-state index is 14.0. The van der Waals surface area contributed by atoms with Gasteiger partial charge >= 0.3 is 5.97 Å². The van der Waals surface area contributed by atoms with Crippen LogP contribution in [0.15, 0.2) is 22.8 Å². The number of carboxylic acids is 1. The Hall–Kier alpha value is -1.95. The lowest BCUT2D eigenvalue weighted by Crippen LogP contribution is -2.17. The quantitative estimate of drug-likeness (QED) is 0.877. The number of hydrogen-bond acceptors (Lipinski definition) is 3. The van der Waals surface area contributed by atoms with Gasteiger partial charge in [-0.3, -0.25) is 4.79 Å². The molecule has 0 saturated carbocycles. The zero-order valence-corrected chi connectivity index (χ0v) is 9.82. The highest BCUT2D eigenvalue weighted by Gasteiger charge is 2.33. The van der Waals surface area contributed by atoms with Gasteiger partial charge in [-0.15, -0.1) is 0 Å². The smallest absolute Gasteiger partial charge is 0.307 e. The third-order valence-electron chi connectivity index (χ3n) is 3.51. The van der Waals surface area contributed by atoms with E-state index < -0.39 is 29.6 Å². The van der Waals surface area contributed by atoms with Crippen molar-refractivity contribution in [1.82, 2.24) is 5.32 Å². The third kappa shape index (κ3) is 1.88. The molecule has 100 valence electrons. The van der Waals surface area contributed by atoms with E-state index in [0.717, 1.165) is 6.07 Å². The van der Waals surface area contributed by atoms with E-state index in [4.69, 9.17) is 9.52 Å². The summed E-state index contributed by atoms with van der Waals surface area (Å²) in [6.07, 6.45) is 1.57. The molecule has 2 aromatic rings. The minimum atomic E-state index is -0.916. The lowest BCUT2D eigenvalue weighted by Gasteiger charge is -2.13. The van der Waals surface area contributed by atoms with Crippen LogP contribution in [-0.4, -0.2) is 17.6 Å². The number of rotatable bonds is 2. The lowest BCUT2D eigenvalue weighted by molar-refractivity contribution is -0.141. The summed E-state index contributed by atoms with van der Waals surface area (Å²) < 4.78 is 32.5. The van der Waals surface area contributed by atoms with Gasteiger partial charge in [-0.1, -0.05) is 0 Å². The van der Waals surface area contributed by atoms with Gasteiger partial charge in [-0.2, -0.15) is 0 Å². The van der Waals surface area contributed by atoms with Crippen molar-refractivity contribution < 1.29 is 23.1 Å². The summed E-state index contributed by atoms with van der Waals surface area (Å²) in [6.45, 7) is 0.274. The molecule has 3 rings (SSSR count). The fraction of sp³-hybridized carbons (Fsp3) is 0.308. The fourth-order valence-electron chi connectivity index (χ4n) is 2.59. The van der Waals surface area contributed by atoms with Gasteiger partial charge in [-0.25, -0.2) is 8.78 Å². The first-order valence-corrected chi connectivity index (χ1v) is 5.89. The van der Waals surface area contributed by atoms with Crippen LogP contribution in [0.4, 0.5) is 8.78 Å². The number of aliphatic carboxylic acids is 1. The van der Waals surface area contributed by atoms with Crippen LogP contribution in [0.2, 0.25) is 0 Å². The van der Waals surface area contributed by atoms with E-state index in [9.17, 15) is 13.6 Å². The van der Waals surface area contributed by atoms with Crippen molar-refractivity contribution in [3.05, 3.63) is 35.6 Å². The van der Waals surface area contributed by atoms with Crippen LogP contribution in [0.25, 0.3) is 11.0 Å². The minimum Gasteiger partial charge on any atom is -0.481 e. The van der Waals surface area contributed by atoms with Gasteiger partial charge in [0.25, 0.3) is 0 Å². The molecular weight excluding hydrogens is 256 g/mol. The van der Waals surface area contributed by atoms with Crippen LogP contribution in [0.1, 0.15) is 18.0 Å². The normalized spacial score (nSPS) is 23.1. The second-order valence-electron chi connectivity index (χ2n) is 4.65. The molecular formula is C13H11F2NO3. The van der Waals surface area contributed by atoms with E-state index in [-0.39, 0.29) is 24.1 Å². The molecule has 2 unspecified atom stereocenters. The summed E-state index contributed by atoms with van der Waals surface area (Å²) in [7, 11) is 0. The summed E-state index contributed by atoms with van der Waals surface area (Å²) in [5.74, 6) is -2.92. The van der Waals surface area contributed by atoms with Crippen molar-refractivity contribution in [2.45, 2.75) is 12.5 Å². The Bertz CT molecular complexity index is 653. The first-order valence-electron chi connectivity index (χ1n) is 5.89. The zero-order chi connectivity index (χ0) is 13.6. The van der Waals surface area contributed by atoms with Gasteiger partial charge < -0.3 is 14.8 Å². The standard InChI is InChI=1S/C13H11F2NO3/c14-8-4-9(15)12-7(1-2-19-12)11(8)10-3-6(5-16-10)13(17)18/h1-2,4,6,10,16H,3,5H2,(H,17,18). The first kappa shape index (κ1) is 12.1. The molecule has 2 heterocycles. The average Bonchev–Trinajstić information content (AvgIpc) is 2.97. The summed E-state index contributed by atoms with van der Waals surface area (Å²) in [5, 5.41) is 12.3. The Morgan fingerprint density at radius 3 is 2.89 bits per heavy atom. The number of carboxylic acid groups (broad SMARTS) is 1. The number of fused-ring (bicyclic) bond motifs is 1. The number of carbonyl (C=O) groups is 1. The molecule has 0 radical (unpaired) electrons. The zero-order valence-electron chi connectivity index (χ0n) is 9.82. The molecule has 0 aliphatic carbocycles. The van der Waals surface area contributed by atoms with E-state index >= 15 is 0 Å². The van der Waals surface area contributed by atoms with E-state index in [1.807, 2.05) is 0 Å². The van der Waals surface area contributed by atoms with E-state index in [1.54, 1.807) is 0 Å². The topological polar surface area (TPSA) is 62.5 Å². The molecule has 1 aliphatic heterocycles. The molecule has 1 aliphatic rings. The predicted molar refractivity (Wildman–Crippen MR) is 62.6 cm³/mol. The van der Waals surface area contributed by atoms with Crippen LogP contribution < -0.4 is 5.32 Å². The number of furan rings is 1. The second-order valence-corrected chi connectivity index (χ2v) is 4.65. The second kappa shape index (κ2) is 4.31. The van der Waals surface area contributed by atoms with E-state index in [1.165, 1.54) is 12.3 Å². The number of benzene rings is 1. The monoisotopic (exact) mass is 267 g/mol. The summed E-state index contributed by atoms with van der Waals surface area (Å²) >= 11 is 0. The Morgan fingerprint density at radius 1 is 1.42 bits per heavy atom. The van der Waals surface area contributed by atoms with Crippen molar-refractivity contribution in [2.75, 3.05) is 6.54 Å². The van der Waals surface area contributed by atoms with Crippen molar-refractivity contribution in [2.24, 2.45) is 5.92 Å². The van der Waals surface area contributed by atoms with Gasteiger partial charge in [-0.05, 0) is 12.5 Å². The van der Waals surface area contributed by atoms with Gasteiger partial charge in [0, 0.05) is 29.6 Å². The van der Waals surface area contributed by atoms with E-state index in [0.29, 0.717) is 5.39 Å². The van der Waals surface area contributed by atoms with Crippen LogP contribution >= 0.6 is 0 Å². The molecule has 6 heteroatoms. The fourth-order valence-corrected chi connectivity index (χ4v) is 2.59. The number of halogens is 2. The van der Waals surface area contributed by atoms with Gasteiger partial charge in [0.15, 0.2) is 11.4 Å². The molecule has 19 heavy (non-hydrogen) atoms. The molecule has 0 bridgehead atoms. The van der Waals surface area contributed by atoms with Crippen LogP contribution in [0, 0.1) is 17.6 Å². The average molecular weight is 267 g/mol.